The molecule has 27 heavy (non-hydrogen) atoms. The summed E-state index contributed by atoms with van der Waals surface area (Å²) in [6, 6.07) is 7.20. The molecule has 3 rings (SSSR count). The number of benzene rings is 2. The summed E-state index contributed by atoms with van der Waals surface area (Å²) in [5, 5.41) is 18.9. The Morgan fingerprint density at radius 3 is 2.70 bits per heavy atom. The van der Waals surface area contributed by atoms with Crippen molar-refractivity contribution in [2.24, 2.45) is 0 Å². The number of rotatable bonds is 7. The van der Waals surface area contributed by atoms with E-state index in [1.807, 2.05) is 11.5 Å². The van der Waals surface area contributed by atoms with Crippen molar-refractivity contribution < 1.29 is 28.7 Å². The molecule has 0 radical (unpaired) electrons. The molecule has 1 heterocycles. The Labute approximate surface area is 155 Å². The molecule has 7 nitrogen and oxygen atoms in total. The van der Waals surface area contributed by atoms with Crippen molar-refractivity contribution in [3.63, 3.8) is 0 Å². The van der Waals surface area contributed by atoms with E-state index in [1.165, 1.54) is 31.4 Å². The van der Waals surface area contributed by atoms with Crippen LogP contribution >= 0.6 is 0 Å². The number of hydrogen-bond donors (Lipinski definition) is 2. The molecule has 2 aromatic carbocycles. The second-order valence-electron chi connectivity index (χ2n) is 5.79. The number of nitrogens with zero attached hydrogens (tertiary/aromatic N) is 2. The minimum atomic E-state index is -1.83. The van der Waals surface area contributed by atoms with Crippen molar-refractivity contribution in [2.45, 2.75) is 20.1 Å². The Kier molecular flexibility index (Phi) is 5.43. The standard InChI is InChI=1S/C18H18BFN2O5/c1-3-22-15-6-4-11(20)8-14(15)21-17(22)10-27-18-12(9-23)13(19(24)25)5-7-16(18)26-2/h4-9,24-25H,3,10H2,1-2H3. The van der Waals surface area contributed by atoms with Crippen LogP contribution in [0.3, 0.4) is 0 Å². The molecule has 2 N–H and O–H groups in total. The summed E-state index contributed by atoms with van der Waals surface area (Å²) < 4.78 is 26.3. The van der Waals surface area contributed by atoms with Crippen molar-refractivity contribution in [2.75, 3.05) is 7.11 Å². The number of carbonyl (C=O) groups is 1. The lowest BCUT2D eigenvalue weighted by atomic mass is 9.77. The average molecular weight is 372 g/mol. The minimum absolute atomic E-state index is 0.00636. The van der Waals surface area contributed by atoms with Gasteiger partial charge in [0.05, 0.1) is 23.7 Å². The molecule has 140 valence electrons. The Hall–Kier alpha value is -2.91. The molecule has 1 aromatic heterocycles. The summed E-state index contributed by atoms with van der Waals surface area (Å²) >= 11 is 0. The van der Waals surface area contributed by atoms with Crippen LogP contribution in [0.1, 0.15) is 23.1 Å². The number of halogens is 1. The van der Waals surface area contributed by atoms with E-state index < -0.39 is 7.12 Å². The molecule has 9 heteroatoms. The zero-order valence-electron chi connectivity index (χ0n) is 14.8. The molecule has 3 aromatic rings. The summed E-state index contributed by atoms with van der Waals surface area (Å²) in [5.41, 5.74) is 1.25. The van der Waals surface area contributed by atoms with E-state index in [4.69, 9.17) is 9.47 Å². The Bertz CT molecular complexity index is 990. The third kappa shape index (κ3) is 3.51. The second kappa shape index (κ2) is 7.77. The average Bonchev–Trinajstić information content (AvgIpc) is 3.01. The summed E-state index contributed by atoms with van der Waals surface area (Å²) in [5.74, 6) is 0.503. The number of aldehydes is 1. The van der Waals surface area contributed by atoms with E-state index >= 15 is 0 Å². The van der Waals surface area contributed by atoms with Crippen LogP contribution in [0.15, 0.2) is 30.3 Å². The molecule has 0 bridgehead atoms. The molecule has 0 aliphatic rings. The Balaban J connectivity index is 2.00. The lowest BCUT2D eigenvalue weighted by molar-refractivity contribution is 0.111. The number of imidazole rings is 1. The quantitative estimate of drug-likeness (QED) is 0.479. The van der Waals surface area contributed by atoms with Gasteiger partial charge in [0.15, 0.2) is 17.8 Å². The van der Waals surface area contributed by atoms with Crippen LogP contribution in [0.2, 0.25) is 0 Å². The fourth-order valence-electron chi connectivity index (χ4n) is 3.00. The van der Waals surface area contributed by atoms with Crippen LogP contribution in [-0.4, -0.2) is 40.1 Å². The van der Waals surface area contributed by atoms with Crippen molar-refractivity contribution in [1.82, 2.24) is 9.55 Å². The van der Waals surface area contributed by atoms with E-state index in [1.54, 1.807) is 6.07 Å². The third-order valence-corrected chi connectivity index (χ3v) is 4.26. The van der Waals surface area contributed by atoms with Crippen molar-refractivity contribution in [3.05, 3.63) is 47.5 Å². The first kappa shape index (κ1) is 18.9. The number of aromatic nitrogens is 2. The lowest BCUT2D eigenvalue weighted by Crippen LogP contribution is -2.33. The van der Waals surface area contributed by atoms with Crippen LogP contribution < -0.4 is 14.9 Å². The summed E-state index contributed by atoms with van der Waals surface area (Å²) in [6.07, 6.45) is 0.477. The van der Waals surface area contributed by atoms with Crippen LogP contribution in [0.25, 0.3) is 11.0 Å². The highest BCUT2D eigenvalue weighted by atomic mass is 19.1. The van der Waals surface area contributed by atoms with E-state index in [9.17, 15) is 19.2 Å². The first-order chi connectivity index (χ1) is 13.0. The third-order valence-electron chi connectivity index (χ3n) is 4.26. The first-order valence-corrected chi connectivity index (χ1v) is 8.29. The number of ether oxygens (including phenoxy) is 2. The molecule has 0 aliphatic heterocycles. The zero-order chi connectivity index (χ0) is 19.6. The highest BCUT2D eigenvalue weighted by Gasteiger charge is 2.23. The van der Waals surface area contributed by atoms with Gasteiger partial charge in [-0.15, -0.1) is 0 Å². The van der Waals surface area contributed by atoms with E-state index in [0.717, 1.165) is 5.52 Å². The van der Waals surface area contributed by atoms with Gasteiger partial charge in [0.1, 0.15) is 18.2 Å². The normalized spacial score (nSPS) is 10.9. The minimum Gasteiger partial charge on any atom is -0.493 e. The lowest BCUT2D eigenvalue weighted by Gasteiger charge is -2.15. The number of hydrogen-bond acceptors (Lipinski definition) is 6. The van der Waals surface area contributed by atoms with Crippen molar-refractivity contribution in [3.8, 4) is 11.5 Å². The van der Waals surface area contributed by atoms with Crippen LogP contribution in [0.5, 0.6) is 11.5 Å². The van der Waals surface area contributed by atoms with Crippen LogP contribution in [0.4, 0.5) is 4.39 Å². The van der Waals surface area contributed by atoms with Gasteiger partial charge >= 0.3 is 7.12 Å². The van der Waals surface area contributed by atoms with Crippen LogP contribution in [0, 0.1) is 5.82 Å². The van der Waals surface area contributed by atoms with Gasteiger partial charge in [-0.3, -0.25) is 4.79 Å². The fraction of sp³-hybridized carbons (Fsp3) is 0.222. The number of aryl methyl sites for hydroxylation is 1. The largest absolute Gasteiger partial charge is 0.493 e. The van der Waals surface area contributed by atoms with Gasteiger partial charge in [0, 0.05) is 12.6 Å². The van der Waals surface area contributed by atoms with E-state index in [0.29, 0.717) is 24.2 Å². The molecule has 0 atom stereocenters. The number of fused-ring (bicyclic) bond motifs is 1. The second-order valence-corrected chi connectivity index (χ2v) is 5.79. The maximum atomic E-state index is 13.5. The van der Waals surface area contributed by atoms with E-state index in [2.05, 4.69) is 4.98 Å². The molecule has 0 fully saturated rings. The van der Waals surface area contributed by atoms with Crippen molar-refractivity contribution >= 4 is 29.9 Å². The fourth-order valence-corrected chi connectivity index (χ4v) is 3.00. The van der Waals surface area contributed by atoms with Gasteiger partial charge in [-0.25, -0.2) is 9.37 Å². The first-order valence-electron chi connectivity index (χ1n) is 8.29. The molecule has 0 unspecified atom stereocenters. The topological polar surface area (TPSA) is 93.8 Å². The predicted octanol–water partition coefficient (Wildman–Crippen LogP) is 1.28. The Morgan fingerprint density at radius 2 is 2.07 bits per heavy atom. The summed E-state index contributed by atoms with van der Waals surface area (Å²) in [6.45, 7) is 2.49. The Morgan fingerprint density at radius 1 is 1.30 bits per heavy atom. The summed E-state index contributed by atoms with van der Waals surface area (Å²) in [7, 11) is -0.419. The number of carbonyl (C=O) groups excluding carboxylic acids is 1. The van der Waals surface area contributed by atoms with Gasteiger partial charge in [-0.1, -0.05) is 6.07 Å². The van der Waals surface area contributed by atoms with Gasteiger partial charge in [-0.2, -0.15) is 0 Å². The highest BCUT2D eigenvalue weighted by Crippen LogP contribution is 2.30. The monoisotopic (exact) mass is 372 g/mol. The van der Waals surface area contributed by atoms with Gasteiger partial charge in [-0.05, 0) is 30.6 Å². The van der Waals surface area contributed by atoms with E-state index in [-0.39, 0.29) is 34.9 Å². The zero-order valence-corrected chi connectivity index (χ0v) is 14.8. The molecule has 0 spiro atoms. The molecule has 0 aliphatic carbocycles. The molecular weight excluding hydrogens is 354 g/mol. The van der Waals surface area contributed by atoms with Crippen LogP contribution in [-0.2, 0) is 13.2 Å². The summed E-state index contributed by atoms with van der Waals surface area (Å²) in [4.78, 5) is 15.9. The highest BCUT2D eigenvalue weighted by molar-refractivity contribution is 6.60. The van der Waals surface area contributed by atoms with Crippen molar-refractivity contribution in [1.29, 1.82) is 0 Å². The smallest absolute Gasteiger partial charge is 0.489 e. The molecular formula is C18H18BFN2O5. The molecule has 0 saturated heterocycles. The SMILES string of the molecule is CCn1c(COc2c(OC)ccc(B(O)O)c2C=O)nc2cc(F)ccc21. The molecule has 0 saturated carbocycles. The maximum absolute atomic E-state index is 13.5. The predicted molar refractivity (Wildman–Crippen MR) is 97.9 cm³/mol. The number of methoxy groups -OCH3 is 1. The van der Waals surface area contributed by atoms with Gasteiger partial charge in [0.2, 0.25) is 0 Å². The van der Waals surface area contributed by atoms with Gasteiger partial charge in [0.25, 0.3) is 0 Å². The van der Waals surface area contributed by atoms with Gasteiger partial charge < -0.3 is 24.1 Å². The molecule has 0 amide bonds. The maximum Gasteiger partial charge on any atom is 0.489 e.